The van der Waals surface area contributed by atoms with Crippen LogP contribution >= 0.6 is 23.5 Å². The maximum Gasteiger partial charge on any atom is 0.401 e. The minimum atomic E-state index is -5.38. The highest BCUT2D eigenvalue weighted by Gasteiger charge is 2.53. The molecule has 0 bridgehead atoms. The van der Waals surface area contributed by atoms with Crippen molar-refractivity contribution in [3.63, 3.8) is 0 Å². The number of rotatable bonds is 26. The van der Waals surface area contributed by atoms with Crippen molar-refractivity contribution in [1.82, 2.24) is 9.55 Å². The van der Waals surface area contributed by atoms with Gasteiger partial charge in [0, 0.05) is 51.4 Å². The number of unbranched alkanes of at least 4 members (excludes halogenated alkanes) is 13. The lowest BCUT2D eigenvalue weighted by atomic mass is 10.0. The molecule has 0 amide bonds. The van der Waals surface area contributed by atoms with Crippen molar-refractivity contribution in [2.75, 3.05) is 26.1 Å². The predicted molar refractivity (Wildman–Crippen MR) is 201 cm³/mol. The smallest absolute Gasteiger partial charge is 0.381 e. The van der Waals surface area contributed by atoms with Gasteiger partial charge in [-0.15, -0.1) is 0 Å². The summed E-state index contributed by atoms with van der Waals surface area (Å²) < 4.78 is 66.8. The second-order valence-corrected chi connectivity index (χ2v) is 16.9. The Morgan fingerprint density at radius 3 is 1.98 bits per heavy atom. The van der Waals surface area contributed by atoms with Gasteiger partial charge in [0.15, 0.2) is 0 Å². The number of benzene rings is 2. The molecule has 0 aliphatic rings. The van der Waals surface area contributed by atoms with Gasteiger partial charge >= 0.3 is 18.9 Å². The number of alkyl halides is 2. The fourth-order valence-corrected chi connectivity index (χ4v) is 8.16. The third-order valence-corrected chi connectivity index (χ3v) is 11.8. The molecular weight excluding hydrogens is 749 g/mol. The molecule has 3 rings (SSSR count). The van der Waals surface area contributed by atoms with E-state index < -0.39 is 35.3 Å². The lowest BCUT2D eigenvalue weighted by Crippen LogP contribution is -2.19. The largest absolute Gasteiger partial charge is 0.401 e. The summed E-state index contributed by atoms with van der Waals surface area (Å²) in [6, 6.07) is 10.8. The monoisotopic (exact) mass is 802 g/mol. The molecule has 0 aliphatic heterocycles. The van der Waals surface area contributed by atoms with Gasteiger partial charge in [-0.05, 0) is 42.2 Å². The van der Waals surface area contributed by atoms with E-state index in [1.165, 1.54) is 93.7 Å². The van der Waals surface area contributed by atoms with Crippen molar-refractivity contribution >= 4 is 34.3 Å². The molecule has 0 fully saturated rings. The standard InChI is InChI=1S/C37H54BrF2N2O6PS/c1-3-4-5-6-7-8-9-10-11-12-13-14-15-16-24-47-25-17-26-48-49(44,45)37(39,40)33-23-18-30(27-34(33)38)29-42-35(28-41-36(42)43)31-19-21-32(22-20-31)50(2)46/h18-23,27-28H,3-17,24-26,29H2,1-2H3,(H,41,43)(H,44,45). The van der Waals surface area contributed by atoms with E-state index in [1.54, 1.807) is 36.7 Å². The summed E-state index contributed by atoms with van der Waals surface area (Å²) in [5.41, 5.74) is -3.48. The summed E-state index contributed by atoms with van der Waals surface area (Å²) >= 11 is 3.13. The van der Waals surface area contributed by atoms with Crippen LogP contribution in [0.3, 0.4) is 0 Å². The molecule has 8 nitrogen and oxygen atoms in total. The molecule has 2 atom stereocenters. The normalized spacial score (nSPS) is 13.8. The Morgan fingerprint density at radius 2 is 1.42 bits per heavy atom. The van der Waals surface area contributed by atoms with Crippen molar-refractivity contribution in [3.8, 4) is 11.3 Å². The van der Waals surface area contributed by atoms with Crippen LogP contribution in [0.5, 0.6) is 0 Å². The van der Waals surface area contributed by atoms with Crippen LogP contribution in [-0.2, 0) is 36.8 Å². The van der Waals surface area contributed by atoms with Crippen molar-refractivity contribution < 1.29 is 31.7 Å². The van der Waals surface area contributed by atoms with E-state index >= 15 is 8.78 Å². The molecular formula is C37H54BrF2N2O6PS. The van der Waals surface area contributed by atoms with E-state index in [4.69, 9.17) is 9.26 Å². The lowest BCUT2D eigenvalue weighted by Gasteiger charge is -2.23. The number of nitrogens with one attached hydrogen (secondary N) is 1. The van der Waals surface area contributed by atoms with Crippen molar-refractivity contribution in [3.05, 3.63) is 74.7 Å². The van der Waals surface area contributed by atoms with Crippen LogP contribution < -0.4 is 5.69 Å². The van der Waals surface area contributed by atoms with Gasteiger partial charge < -0.3 is 19.1 Å². The Bertz CT molecular complexity index is 1570. The molecule has 0 saturated heterocycles. The van der Waals surface area contributed by atoms with Crippen molar-refractivity contribution in [1.29, 1.82) is 0 Å². The highest BCUT2D eigenvalue weighted by atomic mass is 79.9. The van der Waals surface area contributed by atoms with E-state index in [-0.39, 0.29) is 30.7 Å². The molecule has 3 aromatic rings. The highest BCUT2D eigenvalue weighted by molar-refractivity contribution is 9.10. The minimum absolute atomic E-state index is 0.0518. The average Bonchev–Trinajstić information content (AvgIpc) is 3.44. The fourth-order valence-electron chi connectivity index (χ4n) is 5.78. The van der Waals surface area contributed by atoms with Gasteiger partial charge in [0.1, 0.15) is 0 Å². The zero-order chi connectivity index (χ0) is 36.4. The molecule has 280 valence electrons. The molecule has 2 aromatic carbocycles. The SMILES string of the molecule is CCCCCCCCCCCCCCCCOCCCOP(=O)(O)C(F)(F)c1ccc(Cn2c(-c3ccc(S(C)=O)cc3)c[nH]c2=O)cc1Br. The Balaban J connectivity index is 1.35. The van der Waals surface area contributed by atoms with E-state index in [1.807, 2.05) is 0 Å². The Hall–Kier alpha value is -1.95. The molecule has 1 aromatic heterocycles. The van der Waals surface area contributed by atoms with Crippen LogP contribution in [0.15, 0.2) is 62.8 Å². The quantitative estimate of drug-likeness (QED) is 0.0618. The summed E-state index contributed by atoms with van der Waals surface area (Å²) in [7, 11) is -6.52. The first-order valence-corrected chi connectivity index (χ1v) is 21.8. The molecule has 1 heterocycles. The van der Waals surface area contributed by atoms with Gasteiger partial charge in [-0.2, -0.15) is 8.78 Å². The Labute approximate surface area is 306 Å². The van der Waals surface area contributed by atoms with Crippen LogP contribution in [0, 0.1) is 0 Å². The maximum atomic E-state index is 15.3. The van der Waals surface area contributed by atoms with Crippen LogP contribution in [0.2, 0.25) is 0 Å². The van der Waals surface area contributed by atoms with Crippen LogP contribution in [0.25, 0.3) is 11.3 Å². The first-order chi connectivity index (χ1) is 24.0. The molecule has 2 unspecified atom stereocenters. The van der Waals surface area contributed by atoms with Crippen LogP contribution in [0.4, 0.5) is 8.78 Å². The number of aromatic amines is 1. The highest BCUT2D eigenvalue weighted by Crippen LogP contribution is 2.64. The number of hydrogen-bond donors (Lipinski definition) is 2. The predicted octanol–water partition coefficient (Wildman–Crippen LogP) is 10.5. The number of aromatic nitrogens is 2. The van der Waals surface area contributed by atoms with Crippen molar-refractivity contribution in [2.24, 2.45) is 0 Å². The van der Waals surface area contributed by atoms with Gasteiger partial charge in [0.25, 0.3) is 0 Å². The van der Waals surface area contributed by atoms with E-state index in [9.17, 15) is 18.5 Å². The Kier molecular flexibility index (Phi) is 18.8. The van der Waals surface area contributed by atoms with Gasteiger partial charge in [-0.3, -0.25) is 13.3 Å². The van der Waals surface area contributed by atoms with E-state index in [0.29, 0.717) is 28.3 Å². The van der Waals surface area contributed by atoms with Crippen molar-refractivity contribution in [2.45, 2.75) is 120 Å². The van der Waals surface area contributed by atoms with E-state index in [2.05, 4.69) is 27.8 Å². The van der Waals surface area contributed by atoms with E-state index in [0.717, 1.165) is 18.9 Å². The van der Waals surface area contributed by atoms with Crippen LogP contribution in [-0.4, -0.2) is 44.7 Å². The third-order valence-electron chi connectivity index (χ3n) is 8.74. The first-order valence-electron chi connectivity index (χ1n) is 17.9. The summed E-state index contributed by atoms with van der Waals surface area (Å²) in [6.07, 6.45) is 21.2. The summed E-state index contributed by atoms with van der Waals surface area (Å²) in [6.45, 7) is 2.78. The summed E-state index contributed by atoms with van der Waals surface area (Å²) in [4.78, 5) is 26.1. The molecule has 13 heteroatoms. The average molecular weight is 804 g/mol. The first kappa shape index (κ1) is 42.5. The molecule has 0 aliphatic carbocycles. The summed E-state index contributed by atoms with van der Waals surface area (Å²) in [5.74, 6) is 0. The molecule has 50 heavy (non-hydrogen) atoms. The molecule has 0 radical (unpaired) electrons. The van der Waals surface area contributed by atoms with Gasteiger partial charge in [-0.25, -0.2) is 4.79 Å². The lowest BCUT2D eigenvalue weighted by molar-refractivity contribution is 0.0410. The maximum absolute atomic E-state index is 15.3. The zero-order valence-corrected chi connectivity index (χ0v) is 32.8. The Morgan fingerprint density at radius 1 is 0.860 bits per heavy atom. The third kappa shape index (κ3) is 13.6. The molecule has 2 N–H and O–H groups in total. The number of ether oxygens (including phenoxy) is 1. The molecule has 0 saturated carbocycles. The zero-order valence-electron chi connectivity index (χ0n) is 29.5. The number of nitrogens with zero attached hydrogens (tertiary/aromatic N) is 1. The fraction of sp³-hybridized carbons (Fsp3) is 0.595. The second-order valence-electron chi connectivity index (χ2n) is 12.8. The van der Waals surface area contributed by atoms with Gasteiger partial charge in [0.05, 0.1) is 18.8 Å². The molecule has 0 spiro atoms. The minimum Gasteiger partial charge on any atom is -0.381 e. The number of halogens is 3. The number of H-pyrrole nitrogens is 1. The number of hydrogen-bond acceptors (Lipinski definition) is 5. The topological polar surface area (TPSA) is 111 Å². The number of imidazole rings is 1. The van der Waals surface area contributed by atoms with Crippen LogP contribution in [0.1, 0.15) is 114 Å². The summed E-state index contributed by atoms with van der Waals surface area (Å²) in [5, 5.41) is 0. The van der Waals surface area contributed by atoms with Gasteiger partial charge in [-0.1, -0.05) is 131 Å². The van der Waals surface area contributed by atoms with Gasteiger partial charge in [0.2, 0.25) is 0 Å². The second kappa shape index (κ2) is 22.2.